The van der Waals surface area contributed by atoms with Crippen LogP contribution in [0.4, 0.5) is 0 Å². The fraction of sp³-hybridized carbons (Fsp3) is 0.583. The summed E-state index contributed by atoms with van der Waals surface area (Å²) in [6.07, 6.45) is 2.71. The molecule has 0 spiro atoms. The predicted octanol–water partition coefficient (Wildman–Crippen LogP) is -6.22. The molecular weight excluding hydrogens is 1170 g/mol. The highest BCUT2D eigenvalue weighted by atomic mass is 16.6. The normalized spacial score (nSPS) is 12.5. The Bertz CT molecular complexity index is 2090. The summed E-state index contributed by atoms with van der Waals surface area (Å²) >= 11 is 0. The van der Waals surface area contributed by atoms with Gasteiger partial charge in [0.25, 0.3) is 5.97 Å². The predicted molar refractivity (Wildman–Crippen MR) is 314 cm³/mol. The Labute approximate surface area is 502 Å². The fourth-order valence-corrected chi connectivity index (χ4v) is 3.89. The summed E-state index contributed by atoms with van der Waals surface area (Å²) in [5, 5.41) is 92.6. The number of nitrogens with two attached hydrogens (primary N) is 11. The SMILES string of the molecule is CC(=O)O.CC(=O)OC(C)=O.CC(COC(=O)[C@H](C)N)OC(=O)[C@@H](N)CCCNC(=N)N.C[C@H](N)C(=O)O.C[C@H](N)C(=O)O.N=C(N)NCCC[C@H](N)C(=O)O.N=C(N)NCCC[C@H](N)C(=O)O.N[C@@H](CO)C(=O)O.N[C@@H](Cc1ccccc1)C(=O)O. The highest BCUT2D eigenvalue weighted by Crippen LogP contribution is 2.03. The number of carbonyl (C=O) groups excluding carboxylic acids is 4. The molecule has 9 atom stereocenters. The van der Waals surface area contributed by atoms with Crippen LogP contribution >= 0.6 is 0 Å². The van der Waals surface area contributed by atoms with Crippen LogP contribution in [-0.2, 0) is 73.4 Å². The van der Waals surface area contributed by atoms with Crippen molar-refractivity contribution in [3.63, 3.8) is 0 Å². The Balaban J connectivity index is -0.000000140. The van der Waals surface area contributed by atoms with Crippen LogP contribution in [-0.4, -0.2) is 212 Å². The number of aliphatic carboxylic acids is 7. The van der Waals surface area contributed by atoms with Crippen LogP contribution in [0.3, 0.4) is 0 Å². The van der Waals surface area contributed by atoms with Gasteiger partial charge in [-0.25, -0.2) is 0 Å². The van der Waals surface area contributed by atoms with Crippen molar-refractivity contribution in [3.8, 4) is 0 Å². The minimum absolute atomic E-state index is 0.0648. The Morgan fingerprint density at radius 2 is 0.770 bits per heavy atom. The van der Waals surface area contributed by atoms with Crippen molar-refractivity contribution in [2.75, 3.05) is 32.8 Å². The number of carboxylic acids is 7. The number of aliphatic hydroxyl groups is 1. The average molecular weight is 1260 g/mol. The first-order chi connectivity index (χ1) is 39.8. The van der Waals surface area contributed by atoms with Gasteiger partial charge in [0, 0.05) is 40.4 Å². The van der Waals surface area contributed by atoms with Gasteiger partial charge in [-0.2, -0.15) is 0 Å². The average Bonchev–Trinajstić information content (AvgIpc) is 3.43. The monoisotopic (exact) mass is 1260 g/mol. The van der Waals surface area contributed by atoms with Crippen molar-refractivity contribution in [1.29, 1.82) is 16.2 Å². The summed E-state index contributed by atoms with van der Waals surface area (Å²) in [5.74, 6) is -9.50. The molecule has 0 aliphatic carbocycles. The smallest absolute Gasteiger partial charge is 0.323 e. The summed E-state index contributed by atoms with van der Waals surface area (Å²) in [7, 11) is 0. The maximum Gasteiger partial charge on any atom is 0.323 e. The molecule has 0 amide bonds. The molecule has 36 N–H and O–H groups in total. The zero-order valence-electron chi connectivity index (χ0n) is 49.7. The number of guanidine groups is 3. The van der Waals surface area contributed by atoms with Crippen molar-refractivity contribution >= 4 is 83.5 Å². The number of carboxylic acid groups (broad SMARTS) is 7. The van der Waals surface area contributed by atoms with Gasteiger partial charge in [0.05, 0.1) is 6.61 Å². The Morgan fingerprint density at radius 1 is 0.471 bits per heavy atom. The van der Waals surface area contributed by atoms with Crippen LogP contribution < -0.4 is 79.0 Å². The topological polar surface area (TPSA) is 771 Å². The van der Waals surface area contributed by atoms with Crippen LogP contribution in [0.2, 0.25) is 0 Å². The molecule has 0 saturated heterocycles. The summed E-state index contributed by atoms with van der Waals surface area (Å²) in [5.41, 5.74) is 57.3. The molecule has 1 rings (SSSR count). The van der Waals surface area contributed by atoms with Crippen molar-refractivity contribution in [3.05, 3.63) is 35.9 Å². The van der Waals surface area contributed by atoms with E-state index in [2.05, 4.69) is 20.7 Å². The van der Waals surface area contributed by atoms with E-state index in [1.165, 1.54) is 34.6 Å². The maximum atomic E-state index is 11.7. The number of hydrogen-bond acceptors (Lipinski definition) is 26. The number of benzene rings is 1. The minimum Gasteiger partial charge on any atom is -0.481 e. The van der Waals surface area contributed by atoms with Crippen LogP contribution in [0.5, 0.6) is 0 Å². The standard InChI is InChI=1S/C12H25N5O4.C9H11NO2.2C6H14N4O2.C4H6O3.C3H7NO3.2C3H7NO2.C2H4O2/c1-7(6-20-10(18)8(2)13)21-11(19)9(14)4-3-5-17-12(15)16;10-8(9(11)12)6-7-4-2-1-3-5-7;2*7-4(5(11)12)2-1-3-10-6(8)9;1-3(5)7-4(2)6;4-2(1-5)3(6)7;2*1-2(4)3(5)6;1-2(3)4/h7-9H,3-6,13-14H2,1-2H3,(H4,15,16,17);1-5,8H,6,10H2,(H,11,12);2*4H,1-3,7H2,(H,11,12)(H4,8,9,10);1-2H3;2,5H,1,4H2,(H,6,7);2*2H,4H2,1H3,(H,5,6);1H3,(H,3,4)/t7?,8-,9-;8-;2*4-;;3*2-;/m0000.000./s1. The molecule has 87 heavy (non-hydrogen) atoms. The quantitative estimate of drug-likeness (QED) is 0.0102. The second-order valence-electron chi connectivity index (χ2n) is 17.2. The molecule has 39 nitrogen and oxygen atoms in total. The molecule has 0 fully saturated rings. The summed E-state index contributed by atoms with van der Waals surface area (Å²) in [6, 6.07) is 2.82. The zero-order chi connectivity index (χ0) is 70.1. The summed E-state index contributed by atoms with van der Waals surface area (Å²) in [6.45, 7) is 10.2. The lowest BCUT2D eigenvalue weighted by atomic mass is 10.1. The number of hydrogen-bond donors (Lipinski definition) is 25. The molecule has 39 heteroatoms. The third-order valence-corrected chi connectivity index (χ3v) is 8.30. The molecule has 0 aliphatic rings. The van der Waals surface area contributed by atoms with Crippen molar-refractivity contribution in [1.82, 2.24) is 16.0 Å². The second kappa shape index (κ2) is 60.2. The van der Waals surface area contributed by atoms with Crippen LogP contribution in [0, 0.1) is 16.2 Å². The van der Waals surface area contributed by atoms with Gasteiger partial charge in [-0.1, -0.05) is 30.3 Å². The lowest BCUT2D eigenvalue weighted by Gasteiger charge is -2.17. The molecule has 0 bridgehead atoms. The molecular formula is C48H95N17O22. The van der Waals surface area contributed by atoms with E-state index in [4.69, 9.17) is 134 Å². The first-order valence-electron chi connectivity index (χ1n) is 25.4. The highest BCUT2D eigenvalue weighted by molar-refractivity contribution is 5.82. The first-order valence-corrected chi connectivity index (χ1v) is 25.4. The lowest BCUT2D eigenvalue weighted by molar-refractivity contribution is -0.159. The lowest BCUT2D eigenvalue weighted by Crippen LogP contribution is -2.38. The van der Waals surface area contributed by atoms with E-state index in [1.54, 1.807) is 6.92 Å². The van der Waals surface area contributed by atoms with E-state index in [9.17, 15) is 47.9 Å². The number of nitrogens with one attached hydrogen (secondary N) is 6. The molecule has 1 unspecified atom stereocenters. The Morgan fingerprint density at radius 3 is 0.989 bits per heavy atom. The van der Waals surface area contributed by atoms with Crippen molar-refractivity contribution < 1.29 is 108 Å². The van der Waals surface area contributed by atoms with Gasteiger partial charge in [0.2, 0.25) is 0 Å². The van der Waals surface area contributed by atoms with E-state index >= 15 is 0 Å². The van der Waals surface area contributed by atoms with E-state index in [1.807, 2.05) is 30.3 Å². The molecule has 0 aliphatic heterocycles. The van der Waals surface area contributed by atoms with Crippen molar-refractivity contribution in [2.24, 2.45) is 63.1 Å². The molecule has 504 valence electrons. The van der Waals surface area contributed by atoms with Gasteiger partial charge in [0.15, 0.2) is 17.9 Å². The van der Waals surface area contributed by atoms with E-state index in [0.717, 1.165) is 12.5 Å². The van der Waals surface area contributed by atoms with E-state index in [0.29, 0.717) is 64.6 Å². The highest BCUT2D eigenvalue weighted by Gasteiger charge is 2.20. The molecule has 0 radical (unpaired) electrons. The Hall–Kier alpha value is -8.96. The van der Waals surface area contributed by atoms with Gasteiger partial charge in [-0.3, -0.25) is 69.0 Å². The second-order valence-corrected chi connectivity index (χ2v) is 17.2. The molecule has 1 aromatic carbocycles. The number of ether oxygens (including phenoxy) is 3. The third kappa shape index (κ3) is 86.0. The van der Waals surface area contributed by atoms with Gasteiger partial charge in [-0.05, 0) is 78.2 Å². The van der Waals surface area contributed by atoms with Gasteiger partial charge < -0.3 is 134 Å². The Kier molecular flexibility index (Phi) is 65.3. The summed E-state index contributed by atoms with van der Waals surface area (Å²) in [4.78, 5) is 111. The molecule has 0 saturated carbocycles. The molecule has 0 heterocycles. The fourth-order valence-electron chi connectivity index (χ4n) is 3.89. The van der Waals surface area contributed by atoms with E-state index in [-0.39, 0.29) is 24.5 Å². The van der Waals surface area contributed by atoms with Crippen LogP contribution in [0.15, 0.2) is 30.3 Å². The minimum atomic E-state index is -1.18. The van der Waals surface area contributed by atoms with E-state index < -0.39 is 127 Å². The third-order valence-electron chi connectivity index (χ3n) is 8.30. The van der Waals surface area contributed by atoms with Gasteiger partial charge >= 0.3 is 59.7 Å². The number of esters is 4. The number of rotatable bonds is 26. The largest absolute Gasteiger partial charge is 0.481 e. The molecule has 1 aromatic rings. The van der Waals surface area contributed by atoms with Gasteiger partial charge in [0.1, 0.15) is 61.0 Å². The number of aliphatic hydroxyl groups excluding tert-OH is 1. The van der Waals surface area contributed by atoms with Gasteiger partial charge in [-0.15, -0.1) is 0 Å². The molecule has 0 aromatic heterocycles. The van der Waals surface area contributed by atoms with Crippen LogP contribution in [0.1, 0.15) is 92.6 Å². The summed E-state index contributed by atoms with van der Waals surface area (Å²) < 4.78 is 13.9. The van der Waals surface area contributed by atoms with Crippen LogP contribution in [0.25, 0.3) is 0 Å². The maximum absolute atomic E-state index is 11.7. The number of carbonyl (C=O) groups is 11. The van der Waals surface area contributed by atoms with Crippen molar-refractivity contribution in [2.45, 2.75) is 148 Å². The first kappa shape index (κ1) is 94.4. The zero-order valence-corrected chi connectivity index (χ0v) is 49.7.